The molecule has 0 bridgehead atoms. The number of aromatic nitrogens is 2. The van der Waals surface area contributed by atoms with Crippen molar-refractivity contribution >= 4 is 29.3 Å². The summed E-state index contributed by atoms with van der Waals surface area (Å²) in [6, 6.07) is 5.37. The van der Waals surface area contributed by atoms with E-state index in [0.717, 1.165) is 23.6 Å². The maximum absolute atomic E-state index is 13.3. The van der Waals surface area contributed by atoms with E-state index in [1.807, 2.05) is 35.2 Å². The molecule has 1 aromatic carbocycles. The Kier molecular flexibility index (Phi) is 5.26. The first-order valence-corrected chi connectivity index (χ1v) is 10.0. The average Bonchev–Trinajstić information content (AvgIpc) is 2.73. The number of nitrogens with zero attached hydrogens (tertiary/aromatic N) is 5. The average molecular weight is 402 g/mol. The molecule has 1 saturated heterocycles. The van der Waals surface area contributed by atoms with E-state index in [1.165, 1.54) is 0 Å². The fourth-order valence-electron chi connectivity index (χ4n) is 3.56. The van der Waals surface area contributed by atoms with Crippen LogP contribution in [0, 0.1) is 0 Å². The summed E-state index contributed by atoms with van der Waals surface area (Å²) < 4.78 is 5.76. The topological polar surface area (TPSA) is 61.8 Å². The third kappa shape index (κ3) is 3.58. The molecule has 0 N–H and O–H groups in total. The van der Waals surface area contributed by atoms with E-state index in [-0.39, 0.29) is 12.1 Å². The molecule has 148 valence electrons. The number of aryl methyl sites for hydroxylation is 1. The number of halogens is 1. The quantitative estimate of drug-likeness (QED) is 0.773. The molecule has 1 fully saturated rings. The molecule has 1 unspecified atom stereocenters. The normalized spacial score (nSPS) is 19.2. The van der Waals surface area contributed by atoms with Gasteiger partial charge in [0.15, 0.2) is 0 Å². The van der Waals surface area contributed by atoms with Crippen molar-refractivity contribution in [3.63, 3.8) is 0 Å². The number of ether oxygens (including phenoxy) is 1. The highest BCUT2D eigenvalue weighted by Gasteiger charge is 2.34. The van der Waals surface area contributed by atoms with Crippen LogP contribution in [0.15, 0.2) is 30.6 Å². The van der Waals surface area contributed by atoms with Crippen molar-refractivity contribution in [1.82, 2.24) is 14.9 Å². The molecule has 1 atom stereocenters. The van der Waals surface area contributed by atoms with Gasteiger partial charge in [0, 0.05) is 49.7 Å². The van der Waals surface area contributed by atoms with Gasteiger partial charge in [0.05, 0.1) is 11.7 Å². The van der Waals surface area contributed by atoms with Crippen LogP contribution in [0.5, 0.6) is 5.75 Å². The van der Waals surface area contributed by atoms with Gasteiger partial charge in [-0.1, -0.05) is 18.5 Å². The first-order chi connectivity index (χ1) is 13.6. The lowest BCUT2D eigenvalue weighted by molar-refractivity contribution is 0.190. The molecule has 4 rings (SSSR count). The molecule has 0 aliphatic carbocycles. The van der Waals surface area contributed by atoms with Gasteiger partial charge in [-0.25, -0.2) is 14.8 Å². The Balaban J connectivity index is 1.45. The number of hydrogen-bond donors (Lipinski definition) is 0. The first kappa shape index (κ1) is 18.8. The van der Waals surface area contributed by atoms with Crippen LogP contribution in [0.4, 0.5) is 16.4 Å². The Morgan fingerprint density at radius 3 is 2.61 bits per heavy atom. The first-order valence-electron chi connectivity index (χ1n) is 9.63. The molecular formula is C20H24ClN5O2. The lowest BCUT2D eigenvalue weighted by atomic mass is 10.1. The maximum Gasteiger partial charge on any atom is 0.325 e. The van der Waals surface area contributed by atoms with Crippen LogP contribution >= 0.6 is 11.6 Å². The summed E-state index contributed by atoms with van der Waals surface area (Å²) in [6.45, 7) is 7.22. The third-order valence-corrected chi connectivity index (χ3v) is 5.48. The van der Waals surface area contributed by atoms with E-state index in [9.17, 15) is 4.79 Å². The molecule has 2 aromatic rings. The smallest absolute Gasteiger partial charge is 0.325 e. The fourth-order valence-corrected chi connectivity index (χ4v) is 3.72. The Morgan fingerprint density at radius 2 is 1.93 bits per heavy atom. The Morgan fingerprint density at radius 1 is 1.21 bits per heavy atom. The van der Waals surface area contributed by atoms with Crippen molar-refractivity contribution in [2.24, 2.45) is 0 Å². The van der Waals surface area contributed by atoms with Gasteiger partial charge in [-0.3, -0.25) is 4.90 Å². The summed E-state index contributed by atoms with van der Waals surface area (Å²) in [5, 5.41) is 0.600. The molecule has 0 spiro atoms. The number of piperazine rings is 1. The molecule has 2 aliphatic rings. The van der Waals surface area contributed by atoms with Gasteiger partial charge in [0.1, 0.15) is 12.4 Å². The Labute approximate surface area is 169 Å². The van der Waals surface area contributed by atoms with Crippen LogP contribution in [0.1, 0.15) is 19.4 Å². The largest absolute Gasteiger partial charge is 0.489 e. The molecule has 0 radical (unpaired) electrons. The molecular weight excluding hydrogens is 378 g/mol. The van der Waals surface area contributed by atoms with Crippen molar-refractivity contribution in [2.75, 3.05) is 42.6 Å². The third-order valence-electron chi connectivity index (χ3n) is 5.24. The zero-order valence-corrected chi connectivity index (χ0v) is 16.9. The summed E-state index contributed by atoms with van der Waals surface area (Å²) in [7, 11) is 0. The summed E-state index contributed by atoms with van der Waals surface area (Å²) in [5.74, 6) is 1.38. The second kappa shape index (κ2) is 7.83. The molecule has 0 saturated carbocycles. The van der Waals surface area contributed by atoms with Gasteiger partial charge in [-0.2, -0.15) is 0 Å². The Bertz CT molecular complexity index is 852. The van der Waals surface area contributed by atoms with Crippen molar-refractivity contribution in [1.29, 1.82) is 0 Å². The van der Waals surface area contributed by atoms with Crippen molar-refractivity contribution < 1.29 is 9.53 Å². The molecule has 7 nitrogen and oxygen atoms in total. The van der Waals surface area contributed by atoms with Crippen LogP contribution in [-0.2, 0) is 6.42 Å². The van der Waals surface area contributed by atoms with Crippen molar-refractivity contribution in [3.05, 3.63) is 41.2 Å². The van der Waals surface area contributed by atoms with Gasteiger partial charge in [0.2, 0.25) is 5.95 Å². The number of rotatable bonds is 2. The number of amides is 2. The molecule has 8 heteroatoms. The second-order valence-electron chi connectivity index (χ2n) is 7.14. The predicted molar refractivity (Wildman–Crippen MR) is 109 cm³/mol. The molecule has 1 aromatic heterocycles. The summed E-state index contributed by atoms with van der Waals surface area (Å²) in [5.41, 5.74) is 1.90. The number of carbonyl (C=O) groups excluding carboxylic acids is 1. The van der Waals surface area contributed by atoms with Crippen molar-refractivity contribution in [2.45, 2.75) is 26.3 Å². The minimum Gasteiger partial charge on any atom is -0.489 e. The molecule has 3 heterocycles. The number of carbonyl (C=O) groups is 1. The van der Waals surface area contributed by atoms with E-state index in [2.05, 4.69) is 21.8 Å². The van der Waals surface area contributed by atoms with Gasteiger partial charge in [0.25, 0.3) is 0 Å². The molecule has 2 amide bonds. The second-order valence-corrected chi connectivity index (χ2v) is 7.58. The highest BCUT2D eigenvalue weighted by atomic mass is 35.5. The summed E-state index contributed by atoms with van der Waals surface area (Å²) in [6.07, 6.45) is 4.67. The number of urea groups is 1. The maximum atomic E-state index is 13.3. The zero-order chi connectivity index (χ0) is 19.7. The monoisotopic (exact) mass is 401 g/mol. The summed E-state index contributed by atoms with van der Waals surface area (Å²) in [4.78, 5) is 28.0. The van der Waals surface area contributed by atoms with Gasteiger partial charge >= 0.3 is 6.03 Å². The van der Waals surface area contributed by atoms with Crippen LogP contribution in [0.2, 0.25) is 5.02 Å². The standard InChI is InChI=1S/C20H24ClN5O2/c1-3-15-11-22-19(23-12-15)24-6-8-25(9-7-24)20(27)26-14(2)13-28-18-10-16(21)4-5-17(18)26/h4-5,10-12,14H,3,6-9,13H2,1-2H3. The number of hydrogen-bond acceptors (Lipinski definition) is 5. The van der Waals surface area contributed by atoms with Gasteiger partial charge < -0.3 is 14.5 Å². The van der Waals surface area contributed by atoms with Gasteiger partial charge in [-0.15, -0.1) is 0 Å². The van der Waals surface area contributed by atoms with E-state index in [1.54, 1.807) is 12.1 Å². The lowest BCUT2D eigenvalue weighted by Crippen LogP contribution is -2.56. The predicted octanol–water partition coefficient (Wildman–Crippen LogP) is 3.22. The van der Waals surface area contributed by atoms with Crippen LogP contribution in [0.3, 0.4) is 0 Å². The van der Waals surface area contributed by atoms with Crippen LogP contribution in [0.25, 0.3) is 0 Å². The minimum absolute atomic E-state index is 0.00118. The van der Waals surface area contributed by atoms with E-state index in [0.29, 0.717) is 43.6 Å². The highest BCUT2D eigenvalue weighted by Crippen LogP contribution is 2.36. The van der Waals surface area contributed by atoms with Crippen LogP contribution in [-0.4, -0.2) is 59.7 Å². The Hall–Kier alpha value is -2.54. The van der Waals surface area contributed by atoms with Crippen molar-refractivity contribution in [3.8, 4) is 5.75 Å². The molecule has 2 aliphatic heterocycles. The lowest BCUT2D eigenvalue weighted by Gasteiger charge is -2.41. The van der Waals surface area contributed by atoms with Gasteiger partial charge in [-0.05, 0) is 31.0 Å². The fraction of sp³-hybridized carbons (Fsp3) is 0.450. The van der Waals surface area contributed by atoms with E-state index >= 15 is 0 Å². The highest BCUT2D eigenvalue weighted by molar-refractivity contribution is 6.30. The zero-order valence-electron chi connectivity index (χ0n) is 16.1. The van der Waals surface area contributed by atoms with E-state index < -0.39 is 0 Å². The SMILES string of the molecule is CCc1cnc(N2CCN(C(=O)N3c4ccc(Cl)cc4OCC3C)CC2)nc1. The minimum atomic E-state index is -0.0378. The number of benzene rings is 1. The van der Waals surface area contributed by atoms with Crippen LogP contribution < -0.4 is 14.5 Å². The van der Waals surface area contributed by atoms with E-state index in [4.69, 9.17) is 16.3 Å². The number of fused-ring (bicyclic) bond motifs is 1. The summed E-state index contributed by atoms with van der Waals surface area (Å²) >= 11 is 6.07. The molecule has 28 heavy (non-hydrogen) atoms. The number of anilines is 2.